The lowest BCUT2D eigenvalue weighted by Crippen LogP contribution is -2.39. The Morgan fingerprint density at radius 2 is 1.70 bits per heavy atom. The molecule has 11 nitrogen and oxygen atoms in total. The first-order valence-corrected chi connectivity index (χ1v) is 16.1. The van der Waals surface area contributed by atoms with Gasteiger partial charge in [0.2, 0.25) is 0 Å². The van der Waals surface area contributed by atoms with Crippen LogP contribution in [0.3, 0.4) is 0 Å². The van der Waals surface area contributed by atoms with E-state index in [9.17, 15) is 14.4 Å². The number of esters is 1. The standard InChI is InChI=1S/C34H31BrN2O9S/c1-5-44-25-12-11-22(16-26(25)45-6-2)29-23(33(41)43-4)17-36-34-37(29)31(38)28(47-34)15-20-13-24(35)30(27(14-20)42-3)46-18-19-7-9-21(10-8-19)32(39)40/h7-17,29H,5-6,18H2,1-4H3,(H,39,40)/b28-15-/t29-/m1/s1. The summed E-state index contributed by atoms with van der Waals surface area (Å²) in [5.41, 5.74) is 2.09. The number of nitrogens with zero attached hydrogens (tertiary/aromatic N) is 2. The molecule has 0 amide bonds. The summed E-state index contributed by atoms with van der Waals surface area (Å²) in [5.74, 6) is 0.294. The molecule has 47 heavy (non-hydrogen) atoms. The molecular formula is C34H31BrN2O9S. The Bertz CT molecular complexity index is 2030. The number of carbonyl (C=O) groups is 2. The number of aromatic carboxylic acids is 1. The lowest BCUT2D eigenvalue weighted by molar-refractivity contribution is -0.136. The highest BCUT2D eigenvalue weighted by Crippen LogP contribution is 2.38. The van der Waals surface area contributed by atoms with Gasteiger partial charge in [0.05, 0.1) is 53.6 Å². The Balaban J connectivity index is 1.53. The first-order valence-electron chi connectivity index (χ1n) is 14.5. The third-order valence-corrected chi connectivity index (χ3v) is 8.73. The van der Waals surface area contributed by atoms with Crippen LogP contribution >= 0.6 is 27.3 Å². The zero-order valence-electron chi connectivity index (χ0n) is 25.9. The van der Waals surface area contributed by atoms with Crippen molar-refractivity contribution in [3.05, 3.63) is 113 Å². The number of hydrogen-bond donors (Lipinski definition) is 1. The Morgan fingerprint density at radius 1 is 0.979 bits per heavy atom. The summed E-state index contributed by atoms with van der Waals surface area (Å²) in [7, 11) is 2.79. The maximum atomic E-state index is 14.0. The van der Waals surface area contributed by atoms with E-state index in [0.717, 1.165) is 5.56 Å². The first kappa shape index (κ1) is 33.5. The van der Waals surface area contributed by atoms with Crippen molar-refractivity contribution >= 4 is 45.3 Å². The third kappa shape index (κ3) is 7.10. The van der Waals surface area contributed by atoms with Crippen molar-refractivity contribution < 1.29 is 38.4 Å². The number of benzene rings is 3. The van der Waals surface area contributed by atoms with Gasteiger partial charge in [0.15, 0.2) is 27.8 Å². The van der Waals surface area contributed by atoms with Crippen LogP contribution in [-0.4, -0.2) is 49.0 Å². The van der Waals surface area contributed by atoms with E-state index in [1.807, 2.05) is 13.8 Å². The fourth-order valence-electron chi connectivity index (χ4n) is 5.00. The highest BCUT2D eigenvalue weighted by atomic mass is 79.9. The van der Waals surface area contributed by atoms with E-state index in [4.69, 9.17) is 28.8 Å². The van der Waals surface area contributed by atoms with Gasteiger partial charge in [-0.05, 0) is 88.9 Å². The van der Waals surface area contributed by atoms with Gasteiger partial charge in [-0.3, -0.25) is 9.36 Å². The van der Waals surface area contributed by atoms with E-state index in [-0.39, 0.29) is 23.3 Å². The monoisotopic (exact) mass is 722 g/mol. The molecule has 13 heteroatoms. The molecule has 0 saturated heterocycles. The van der Waals surface area contributed by atoms with E-state index < -0.39 is 18.0 Å². The third-order valence-electron chi connectivity index (χ3n) is 7.14. The van der Waals surface area contributed by atoms with Gasteiger partial charge in [-0.2, -0.15) is 0 Å². The second-order valence-corrected chi connectivity index (χ2v) is 11.9. The van der Waals surface area contributed by atoms with Crippen molar-refractivity contribution in [2.75, 3.05) is 27.4 Å². The van der Waals surface area contributed by atoms with Crippen molar-refractivity contribution in [3.8, 4) is 23.0 Å². The second kappa shape index (κ2) is 14.7. The average Bonchev–Trinajstić information content (AvgIpc) is 3.38. The van der Waals surface area contributed by atoms with Gasteiger partial charge < -0.3 is 28.8 Å². The molecule has 1 N–H and O–H groups in total. The number of carboxylic acid groups (broad SMARTS) is 1. The Hall–Kier alpha value is -4.88. The number of carboxylic acids is 1. The van der Waals surface area contributed by atoms with Crippen LogP contribution in [0.2, 0.25) is 0 Å². The van der Waals surface area contributed by atoms with Crippen LogP contribution in [0.4, 0.5) is 0 Å². The predicted octanol–water partition coefficient (Wildman–Crippen LogP) is 4.86. The predicted molar refractivity (Wildman–Crippen MR) is 178 cm³/mol. The van der Waals surface area contributed by atoms with E-state index in [2.05, 4.69) is 20.9 Å². The SMILES string of the molecule is CCOc1ccc([C@@H]2C(C(=O)OC)=CN=c3s/c(=C\c4cc(Br)c(OCc5ccc(C(=O)O)cc5)c(OC)c4)c(=O)n32)cc1OCC. The summed E-state index contributed by atoms with van der Waals surface area (Å²) in [5, 5.41) is 9.14. The molecule has 1 aromatic heterocycles. The molecule has 0 bridgehead atoms. The van der Waals surface area contributed by atoms with E-state index in [1.54, 1.807) is 48.5 Å². The zero-order chi connectivity index (χ0) is 33.7. The van der Waals surface area contributed by atoms with Gasteiger partial charge in [0.25, 0.3) is 5.56 Å². The molecule has 1 atom stereocenters. The number of thiazole rings is 1. The molecule has 0 unspecified atom stereocenters. The minimum atomic E-state index is -1.00. The highest BCUT2D eigenvalue weighted by molar-refractivity contribution is 9.10. The summed E-state index contributed by atoms with van der Waals surface area (Å²) in [6, 6.07) is 14.4. The lowest BCUT2D eigenvalue weighted by atomic mass is 9.97. The van der Waals surface area contributed by atoms with Gasteiger partial charge in [-0.25, -0.2) is 14.6 Å². The first-order chi connectivity index (χ1) is 22.7. The van der Waals surface area contributed by atoms with Crippen molar-refractivity contribution in [1.82, 2.24) is 4.57 Å². The molecule has 5 rings (SSSR count). The molecule has 0 saturated carbocycles. The van der Waals surface area contributed by atoms with Gasteiger partial charge >= 0.3 is 11.9 Å². The molecule has 1 aliphatic rings. The highest BCUT2D eigenvalue weighted by Gasteiger charge is 2.31. The zero-order valence-corrected chi connectivity index (χ0v) is 28.3. The normalized spacial score (nSPS) is 14.0. The quantitative estimate of drug-likeness (QED) is 0.203. The van der Waals surface area contributed by atoms with E-state index >= 15 is 0 Å². The van der Waals surface area contributed by atoms with Crippen LogP contribution in [0.15, 0.2) is 80.6 Å². The second-order valence-electron chi connectivity index (χ2n) is 10.1. The van der Waals surface area contributed by atoms with Gasteiger partial charge in [-0.1, -0.05) is 29.5 Å². The number of methoxy groups -OCH3 is 2. The Kier molecular flexibility index (Phi) is 10.5. The molecule has 3 aromatic carbocycles. The maximum absolute atomic E-state index is 14.0. The summed E-state index contributed by atoms with van der Waals surface area (Å²) in [4.78, 5) is 42.9. The summed E-state index contributed by atoms with van der Waals surface area (Å²) in [6.07, 6.45) is 3.15. The molecule has 0 fully saturated rings. The summed E-state index contributed by atoms with van der Waals surface area (Å²) in [6.45, 7) is 4.75. The summed E-state index contributed by atoms with van der Waals surface area (Å²) >= 11 is 4.74. The molecule has 1 aliphatic heterocycles. The Morgan fingerprint density at radius 3 is 2.36 bits per heavy atom. The molecule has 0 radical (unpaired) electrons. The van der Waals surface area contributed by atoms with Gasteiger partial charge in [0, 0.05) is 6.20 Å². The van der Waals surface area contributed by atoms with E-state index in [1.165, 1.54) is 48.5 Å². The molecule has 0 spiro atoms. The number of hydrogen-bond acceptors (Lipinski definition) is 10. The number of aromatic nitrogens is 1. The van der Waals surface area contributed by atoms with Crippen LogP contribution < -0.4 is 33.8 Å². The fourth-order valence-corrected chi connectivity index (χ4v) is 6.54. The molecule has 244 valence electrons. The van der Waals surface area contributed by atoms with Crippen molar-refractivity contribution in [2.45, 2.75) is 26.5 Å². The molecule has 2 heterocycles. The topological polar surface area (TPSA) is 135 Å². The molecular weight excluding hydrogens is 692 g/mol. The smallest absolute Gasteiger partial charge is 0.337 e. The van der Waals surface area contributed by atoms with Crippen molar-refractivity contribution in [2.24, 2.45) is 4.99 Å². The van der Waals surface area contributed by atoms with E-state index in [0.29, 0.717) is 61.1 Å². The minimum Gasteiger partial charge on any atom is -0.493 e. The number of fused-ring (bicyclic) bond motifs is 1. The number of rotatable bonds is 12. The van der Waals surface area contributed by atoms with Crippen LogP contribution in [0.5, 0.6) is 23.0 Å². The number of carbonyl (C=O) groups excluding carboxylic acids is 1. The van der Waals surface area contributed by atoms with Gasteiger partial charge in [-0.15, -0.1) is 0 Å². The van der Waals surface area contributed by atoms with Gasteiger partial charge in [0.1, 0.15) is 6.61 Å². The largest absolute Gasteiger partial charge is 0.493 e. The van der Waals surface area contributed by atoms with Crippen LogP contribution in [0, 0.1) is 0 Å². The molecule has 4 aromatic rings. The average molecular weight is 724 g/mol. The van der Waals surface area contributed by atoms with Crippen LogP contribution in [0.25, 0.3) is 6.08 Å². The summed E-state index contributed by atoms with van der Waals surface area (Å²) < 4.78 is 30.7. The maximum Gasteiger partial charge on any atom is 0.337 e. The van der Waals surface area contributed by atoms with Crippen molar-refractivity contribution in [3.63, 3.8) is 0 Å². The number of halogens is 1. The fraction of sp³-hybridized carbons (Fsp3) is 0.235. The van der Waals surface area contributed by atoms with Crippen molar-refractivity contribution in [1.29, 1.82) is 0 Å². The lowest BCUT2D eigenvalue weighted by Gasteiger charge is -2.23. The van der Waals surface area contributed by atoms with Crippen LogP contribution in [0.1, 0.15) is 46.9 Å². The number of ether oxygens (including phenoxy) is 5. The Labute approximate surface area is 282 Å². The molecule has 0 aliphatic carbocycles. The van der Waals surface area contributed by atoms with Crippen LogP contribution in [-0.2, 0) is 16.1 Å². The minimum absolute atomic E-state index is 0.173.